The Bertz CT molecular complexity index is 948. The smallest absolute Gasteiger partial charge is 0.316 e. The van der Waals surface area contributed by atoms with Crippen molar-refractivity contribution >= 4 is 23.4 Å². The fraction of sp³-hybridized carbons (Fsp3) is 0.300. The molecule has 1 aliphatic heterocycles. The Balaban J connectivity index is 1.50. The highest BCUT2D eigenvalue weighted by molar-refractivity contribution is 6.02. The molecule has 1 aromatic carbocycles. The number of furan rings is 1. The van der Waals surface area contributed by atoms with E-state index >= 15 is 0 Å². The van der Waals surface area contributed by atoms with Crippen LogP contribution in [-0.4, -0.2) is 41.2 Å². The number of hydrogen-bond acceptors (Lipinski definition) is 6. The Morgan fingerprint density at radius 2 is 2.03 bits per heavy atom. The number of amides is 1. The van der Waals surface area contributed by atoms with E-state index in [9.17, 15) is 14.7 Å². The number of oxime groups is 1. The second kappa shape index (κ2) is 8.59. The molecule has 5 N–H and O–H groups in total. The van der Waals surface area contributed by atoms with E-state index < -0.39 is 18.0 Å². The van der Waals surface area contributed by atoms with Gasteiger partial charge in [-0.2, -0.15) is 0 Å². The SMILES string of the molecule is Cc1ccc([C@@H](CNC(=O)CC2CC(c3ccc(C(=N)N)cc3)=NO2)C(=O)O)o1. The molecule has 1 unspecified atom stereocenters. The third-order valence-electron chi connectivity index (χ3n) is 4.58. The van der Waals surface area contributed by atoms with Crippen molar-refractivity contribution in [3.8, 4) is 0 Å². The van der Waals surface area contributed by atoms with Gasteiger partial charge in [0.25, 0.3) is 0 Å². The number of nitrogens with zero attached hydrogens (tertiary/aromatic N) is 1. The number of aliphatic carboxylic acids is 1. The van der Waals surface area contributed by atoms with Crippen LogP contribution in [0.15, 0.2) is 46.0 Å². The Kier molecular flexibility index (Phi) is 5.96. The summed E-state index contributed by atoms with van der Waals surface area (Å²) in [5, 5.41) is 23.4. The Morgan fingerprint density at radius 3 is 2.62 bits per heavy atom. The minimum atomic E-state index is -1.07. The van der Waals surface area contributed by atoms with E-state index in [1.165, 1.54) is 0 Å². The van der Waals surface area contributed by atoms with Crippen LogP contribution in [0.25, 0.3) is 0 Å². The van der Waals surface area contributed by atoms with Crippen molar-refractivity contribution < 1.29 is 24.0 Å². The second-order valence-corrected chi connectivity index (χ2v) is 6.81. The standard InChI is InChI=1S/C20H22N4O5/c1-11-2-7-17(28-11)15(20(26)27)10-23-18(25)9-14-8-16(24-29-14)12-3-5-13(6-4-12)19(21)22/h2-7,14-15H,8-10H2,1H3,(H3,21,22)(H,23,25)(H,26,27)/t14?,15-/m1/s1. The normalized spacial score (nSPS) is 16.6. The van der Waals surface area contributed by atoms with E-state index in [0.29, 0.717) is 29.2 Å². The summed E-state index contributed by atoms with van der Waals surface area (Å²) in [6.45, 7) is 1.65. The van der Waals surface area contributed by atoms with Crippen LogP contribution in [-0.2, 0) is 14.4 Å². The highest BCUT2D eigenvalue weighted by Crippen LogP contribution is 2.21. The monoisotopic (exact) mass is 398 g/mol. The number of aryl methyl sites for hydroxylation is 1. The maximum Gasteiger partial charge on any atom is 0.316 e. The maximum atomic E-state index is 12.2. The second-order valence-electron chi connectivity index (χ2n) is 6.81. The largest absolute Gasteiger partial charge is 0.481 e. The molecule has 3 rings (SSSR count). The van der Waals surface area contributed by atoms with Gasteiger partial charge in [-0.15, -0.1) is 0 Å². The summed E-state index contributed by atoms with van der Waals surface area (Å²) in [7, 11) is 0. The summed E-state index contributed by atoms with van der Waals surface area (Å²) in [5.74, 6) is -1.46. The summed E-state index contributed by atoms with van der Waals surface area (Å²) >= 11 is 0. The molecule has 0 saturated carbocycles. The molecule has 0 bridgehead atoms. The molecule has 29 heavy (non-hydrogen) atoms. The molecular weight excluding hydrogens is 376 g/mol. The van der Waals surface area contributed by atoms with Crippen LogP contribution >= 0.6 is 0 Å². The van der Waals surface area contributed by atoms with Crippen LogP contribution in [0.2, 0.25) is 0 Å². The van der Waals surface area contributed by atoms with Gasteiger partial charge in [0.05, 0.1) is 12.1 Å². The minimum absolute atomic E-state index is 0.0138. The predicted molar refractivity (Wildman–Crippen MR) is 105 cm³/mol. The van der Waals surface area contributed by atoms with E-state index in [2.05, 4.69) is 10.5 Å². The zero-order valence-corrected chi connectivity index (χ0v) is 15.8. The number of carboxylic acid groups (broad SMARTS) is 1. The molecule has 2 atom stereocenters. The Labute approximate surface area is 167 Å². The molecule has 9 nitrogen and oxygen atoms in total. The number of carbonyl (C=O) groups excluding carboxylic acids is 1. The fourth-order valence-corrected chi connectivity index (χ4v) is 3.00. The number of carboxylic acids is 1. The van der Waals surface area contributed by atoms with Gasteiger partial charge in [0, 0.05) is 18.5 Å². The molecule has 1 aliphatic rings. The summed E-state index contributed by atoms with van der Waals surface area (Å²) < 4.78 is 5.36. The van der Waals surface area contributed by atoms with Crippen molar-refractivity contribution in [1.29, 1.82) is 5.41 Å². The van der Waals surface area contributed by atoms with Crippen molar-refractivity contribution in [2.24, 2.45) is 10.9 Å². The zero-order valence-electron chi connectivity index (χ0n) is 15.8. The summed E-state index contributed by atoms with van der Waals surface area (Å²) in [4.78, 5) is 29.0. The lowest BCUT2D eigenvalue weighted by atomic mass is 10.0. The zero-order chi connectivity index (χ0) is 21.0. The van der Waals surface area contributed by atoms with Crippen molar-refractivity contribution in [1.82, 2.24) is 5.32 Å². The van der Waals surface area contributed by atoms with E-state index in [0.717, 1.165) is 5.56 Å². The van der Waals surface area contributed by atoms with Gasteiger partial charge >= 0.3 is 5.97 Å². The number of amidine groups is 1. The van der Waals surface area contributed by atoms with E-state index in [1.807, 2.05) is 0 Å². The molecule has 0 aliphatic carbocycles. The van der Waals surface area contributed by atoms with E-state index in [-0.39, 0.29) is 24.7 Å². The number of benzene rings is 1. The molecule has 2 heterocycles. The quantitative estimate of drug-likeness (QED) is 0.393. The first-order valence-electron chi connectivity index (χ1n) is 9.07. The Hall–Kier alpha value is -3.62. The lowest BCUT2D eigenvalue weighted by molar-refractivity contribution is -0.139. The first-order valence-corrected chi connectivity index (χ1v) is 9.07. The van der Waals surface area contributed by atoms with Gasteiger partial charge in [-0.05, 0) is 24.6 Å². The van der Waals surface area contributed by atoms with E-state index in [1.54, 1.807) is 43.3 Å². The number of hydrogen-bond donors (Lipinski definition) is 4. The number of nitrogens with one attached hydrogen (secondary N) is 2. The number of nitrogens with two attached hydrogens (primary N) is 1. The molecule has 1 amide bonds. The summed E-state index contributed by atoms with van der Waals surface area (Å²) in [5.41, 5.74) is 7.59. The van der Waals surface area contributed by atoms with E-state index in [4.69, 9.17) is 20.4 Å². The molecule has 2 aromatic rings. The van der Waals surface area contributed by atoms with Crippen LogP contribution in [0.4, 0.5) is 0 Å². The van der Waals surface area contributed by atoms with Gasteiger partial charge in [-0.3, -0.25) is 15.0 Å². The van der Waals surface area contributed by atoms with Crippen LogP contribution < -0.4 is 11.1 Å². The number of nitrogen functional groups attached to an aromatic ring is 1. The third-order valence-corrected chi connectivity index (χ3v) is 4.58. The van der Waals surface area contributed by atoms with Gasteiger partial charge in [0.2, 0.25) is 5.91 Å². The lowest BCUT2D eigenvalue weighted by Gasteiger charge is -2.13. The van der Waals surface area contributed by atoms with Crippen molar-refractivity contribution in [2.45, 2.75) is 31.8 Å². The average Bonchev–Trinajstić information content (AvgIpc) is 3.31. The van der Waals surface area contributed by atoms with Gasteiger partial charge in [-0.1, -0.05) is 29.4 Å². The van der Waals surface area contributed by atoms with Gasteiger partial charge in [0.1, 0.15) is 29.4 Å². The van der Waals surface area contributed by atoms with Crippen LogP contribution in [0, 0.1) is 12.3 Å². The van der Waals surface area contributed by atoms with Crippen LogP contribution in [0.5, 0.6) is 0 Å². The first-order chi connectivity index (χ1) is 13.8. The number of carbonyl (C=O) groups is 2. The summed E-state index contributed by atoms with van der Waals surface area (Å²) in [6, 6.07) is 10.3. The highest BCUT2D eigenvalue weighted by atomic mass is 16.6. The van der Waals surface area contributed by atoms with Crippen LogP contribution in [0.3, 0.4) is 0 Å². The molecule has 152 valence electrons. The van der Waals surface area contributed by atoms with Gasteiger partial charge in [-0.25, -0.2) is 0 Å². The molecular formula is C20H22N4O5. The molecule has 0 saturated heterocycles. The third kappa shape index (κ3) is 5.01. The topological polar surface area (TPSA) is 151 Å². The first kappa shape index (κ1) is 20.1. The van der Waals surface area contributed by atoms with Crippen molar-refractivity contribution in [2.75, 3.05) is 6.54 Å². The molecule has 0 fully saturated rings. The van der Waals surface area contributed by atoms with Crippen LogP contribution in [0.1, 0.15) is 41.4 Å². The van der Waals surface area contributed by atoms with Gasteiger partial charge < -0.3 is 25.4 Å². The minimum Gasteiger partial charge on any atom is -0.481 e. The molecule has 1 aromatic heterocycles. The lowest BCUT2D eigenvalue weighted by Crippen LogP contribution is -2.33. The predicted octanol–water partition coefficient (Wildman–Crippen LogP) is 1.74. The van der Waals surface area contributed by atoms with Crippen molar-refractivity contribution in [3.63, 3.8) is 0 Å². The van der Waals surface area contributed by atoms with Gasteiger partial charge in [0.15, 0.2) is 0 Å². The fourth-order valence-electron chi connectivity index (χ4n) is 3.00. The summed E-state index contributed by atoms with van der Waals surface area (Å²) in [6.07, 6.45) is 0.0841. The maximum absolute atomic E-state index is 12.2. The molecule has 0 radical (unpaired) electrons. The molecule has 9 heteroatoms. The highest BCUT2D eigenvalue weighted by Gasteiger charge is 2.27. The number of rotatable bonds is 8. The molecule has 0 spiro atoms. The van der Waals surface area contributed by atoms with Crippen molar-refractivity contribution in [3.05, 3.63) is 59.0 Å². The Morgan fingerprint density at radius 1 is 1.31 bits per heavy atom. The average molecular weight is 398 g/mol.